The lowest BCUT2D eigenvalue weighted by atomic mass is 9.78. The van der Waals surface area contributed by atoms with Gasteiger partial charge < -0.3 is 14.0 Å². The number of fused-ring (bicyclic) bond motifs is 1. The van der Waals surface area contributed by atoms with Gasteiger partial charge in [0, 0.05) is 5.46 Å². The number of nitriles is 1. The zero-order chi connectivity index (χ0) is 22.8. The molecule has 1 aliphatic heterocycles. The van der Waals surface area contributed by atoms with Crippen LogP contribution in [-0.4, -0.2) is 23.3 Å². The van der Waals surface area contributed by atoms with E-state index in [1.165, 1.54) is 17.4 Å². The van der Waals surface area contributed by atoms with Gasteiger partial charge >= 0.3 is 7.12 Å². The summed E-state index contributed by atoms with van der Waals surface area (Å²) in [4.78, 5) is 4.20. The van der Waals surface area contributed by atoms with Crippen molar-refractivity contribution in [2.45, 2.75) is 59.4 Å². The minimum atomic E-state index is -0.738. The predicted molar refractivity (Wildman–Crippen MR) is 122 cm³/mol. The Kier molecular flexibility index (Phi) is 6.70. The summed E-state index contributed by atoms with van der Waals surface area (Å²) in [6.45, 7) is 12.0. The molecule has 1 aromatic heterocycles. The molecule has 0 saturated carbocycles. The number of hydrogen-bond donors (Lipinski definition) is 0. The van der Waals surface area contributed by atoms with Crippen molar-refractivity contribution in [3.63, 3.8) is 0 Å². The highest BCUT2D eigenvalue weighted by Crippen LogP contribution is 2.36. The van der Waals surface area contributed by atoms with Crippen LogP contribution in [0, 0.1) is 17.1 Å². The first kappa shape index (κ1) is 23.2. The molecule has 1 saturated heterocycles. The lowest BCUT2D eigenvalue weighted by Crippen LogP contribution is -2.41. The van der Waals surface area contributed by atoms with Crippen molar-refractivity contribution in [1.82, 2.24) is 4.98 Å². The topological polar surface area (TPSA) is 64.4 Å². The van der Waals surface area contributed by atoms with Crippen LogP contribution in [0.25, 0.3) is 10.2 Å². The molecule has 0 N–H and O–H groups in total. The molecule has 0 aliphatic carbocycles. The van der Waals surface area contributed by atoms with Gasteiger partial charge in [0.15, 0.2) is 5.01 Å². The number of thiazole rings is 1. The van der Waals surface area contributed by atoms with E-state index in [1.54, 1.807) is 12.1 Å². The Hall–Kier alpha value is -2.47. The van der Waals surface area contributed by atoms with Crippen LogP contribution >= 0.6 is 11.3 Å². The molecule has 0 spiro atoms. The van der Waals surface area contributed by atoms with Gasteiger partial charge in [0.05, 0.1) is 21.4 Å². The molecule has 0 bridgehead atoms. The fourth-order valence-electron chi connectivity index (χ4n) is 3.03. The first-order chi connectivity index (χ1) is 14.7. The summed E-state index contributed by atoms with van der Waals surface area (Å²) in [5.74, 6) is 0.252. The first-order valence-corrected chi connectivity index (χ1v) is 11.1. The fraction of sp³-hybridized carbons (Fsp3) is 0.391. The lowest BCUT2D eigenvalue weighted by molar-refractivity contribution is 0.00578. The Bertz CT molecular complexity index is 1110. The summed E-state index contributed by atoms with van der Waals surface area (Å²) in [6.07, 6.45) is 0. The maximum atomic E-state index is 14.7. The van der Waals surface area contributed by atoms with Crippen molar-refractivity contribution < 1.29 is 18.4 Å². The van der Waals surface area contributed by atoms with Crippen LogP contribution in [0.1, 0.15) is 52.1 Å². The Labute approximate surface area is 186 Å². The summed E-state index contributed by atoms with van der Waals surface area (Å²) >= 11 is 1.31. The predicted octanol–water partition coefficient (Wildman–Crippen LogP) is 5.21. The third-order valence-corrected chi connectivity index (χ3v) is 6.36. The maximum absolute atomic E-state index is 14.7. The van der Waals surface area contributed by atoms with E-state index in [4.69, 9.17) is 19.3 Å². The molecule has 0 unspecified atom stereocenters. The molecule has 5 nitrogen and oxygen atoms in total. The van der Waals surface area contributed by atoms with E-state index >= 15 is 0 Å². The molecular formula is C23H26BFN2O3S. The third kappa shape index (κ3) is 4.74. The van der Waals surface area contributed by atoms with E-state index in [1.807, 2.05) is 65.8 Å². The van der Waals surface area contributed by atoms with Gasteiger partial charge in [-0.05, 0) is 57.5 Å². The van der Waals surface area contributed by atoms with Gasteiger partial charge in [-0.3, -0.25) is 0 Å². The number of benzene rings is 2. The standard InChI is InChI=1S/C21H20BFN2O3S.C2H6/c1-20(2)21(3,4)28-22(27-20)15-7-5-13(9-16(15)23)12-26-14-6-8-17-18(10-14)29-19(11-24)25-17;1-2/h5-10H,12H2,1-4H3;1-2H3. The van der Waals surface area contributed by atoms with E-state index in [2.05, 4.69) is 4.98 Å². The third-order valence-electron chi connectivity index (χ3n) is 5.43. The quantitative estimate of drug-likeness (QED) is 0.521. The van der Waals surface area contributed by atoms with Crippen LogP contribution in [-0.2, 0) is 15.9 Å². The second-order valence-electron chi connectivity index (χ2n) is 7.99. The number of hydrogen-bond acceptors (Lipinski definition) is 6. The van der Waals surface area contributed by atoms with E-state index in [0.29, 0.717) is 21.8 Å². The van der Waals surface area contributed by atoms with Gasteiger partial charge in [0.1, 0.15) is 24.2 Å². The number of ether oxygens (including phenoxy) is 1. The maximum Gasteiger partial charge on any atom is 0.497 e. The normalized spacial score (nSPS) is 16.5. The van der Waals surface area contributed by atoms with Crippen LogP contribution in [0.4, 0.5) is 4.39 Å². The molecule has 8 heteroatoms. The Morgan fingerprint density at radius 2 is 1.77 bits per heavy atom. The van der Waals surface area contributed by atoms with E-state index < -0.39 is 18.3 Å². The van der Waals surface area contributed by atoms with Gasteiger partial charge in [-0.2, -0.15) is 5.26 Å². The fourth-order valence-corrected chi connectivity index (χ4v) is 3.82. The summed E-state index contributed by atoms with van der Waals surface area (Å²) in [5, 5.41) is 9.37. The van der Waals surface area contributed by atoms with E-state index in [-0.39, 0.29) is 12.4 Å². The largest absolute Gasteiger partial charge is 0.497 e. The first-order valence-electron chi connectivity index (χ1n) is 10.3. The van der Waals surface area contributed by atoms with Crippen molar-refractivity contribution in [3.8, 4) is 11.8 Å². The van der Waals surface area contributed by atoms with Crippen molar-refractivity contribution >= 4 is 34.1 Å². The van der Waals surface area contributed by atoms with Gasteiger partial charge in [-0.15, -0.1) is 11.3 Å². The second kappa shape index (κ2) is 8.95. The molecule has 4 rings (SSSR count). The highest BCUT2D eigenvalue weighted by Gasteiger charge is 2.52. The van der Waals surface area contributed by atoms with Gasteiger partial charge in [0.2, 0.25) is 0 Å². The molecule has 3 aromatic rings. The van der Waals surface area contributed by atoms with Crippen molar-refractivity contribution in [2.75, 3.05) is 0 Å². The van der Waals surface area contributed by atoms with E-state index in [9.17, 15) is 4.39 Å². The minimum Gasteiger partial charge on any atom is -0.489 e. The van der Waals surface area contributed by atoms with Crippen LogP contribution in [0.3, 0.4) is 0 Å². The summed E-state index contributed by atoms with van der Waals surface area (Å²) in [6, 6.07) is 12.4. The number of nitrogens with zero attached hydrogens (tertiary/aromatic N) is 2. The van der Waals surface area contributed by atoms with Gasteiger partial charge in [-0.25, -0.2) is 9.37 Å². The summed E-state index contributed by atoms with van der Waals surface area (Å²) in [7, 11) is -0.738. The number of rotatable bonds is 4. The highest BCUT2D eigenvalue weighted by atomic mass is 32.1. The van der Waals surface area contributed by atoms with Crippen molar-refractivity contribution in [2.24, 2.45) is 0 Å². The Balaban J connectivity index is 0.00000132. The number of halogens is 1. The Morgan fingerprint density at radius 1 is 1.10 bits per heavy atom. The molecule has 0 radical (unpaired) electrons. The number of aromatic nitrogens is 1. The van der Waals surface area contributed by atoms with Gasteiger partial charge in [-0.1, -0.05) is 26.0 Å². The zero-order valence-corrected chi connectivity index (χ0v) is 19.5. The second-order valence-corrected chi connectivity index (χ2v) is 9.02. The molecule has 31 heavy (non-hydrogen) atoms. The minimum absolute atomic E-state index is 0.218. The highest BCUT2D eigenvalue weighted by molar-refractivity contribution is 7.19. The molecule has 0 amide bonds. The summed E-state index contributed by atoms with van der Waals surface area (Å²) < 4.78 is 33.3. The van der Waals surface area contributed by atoms with Crippen LogP contribution in [0.15, 0.2) is 36.4 Å². The molecule has 0 atom stereocenters. The SMILES string of the molecule is CC.CC1(C)OB(c2ccc(COc3ccc4nc(C#N)sc4c3)cc2F)OC1(C)C. The van der Waals surface area contributed by atoms with Crippen molar-refractivity contribution in [3.05, 3.63) is 52.8 Å². The molecule has 1 aliphatic rings. The Morgan fingerprint density at radius 3 is 2.39 bits per heavy atom. The smallest absolute Gasteiger partial charge is 0.489 e. The van der Waals surface area contributed by atoms with Gasteiger partial charge in [0.25, 0.3) is 0 Å². The summed E-state index contributed by atoms with van der Waals surface area (Å²) in [5.41, 5.74) is 0.795. The molecular weight excluding hydrogens is 414 g/mol. The average molecular weight is 440 g/mol. The van der Waals surface area contributed by atoms with E-state index in [0.717, 1.165) is 10.2 Å². The average Bonchev–Trinajstić information content (AvgIpc) is 3.24. The molecule has 1 fully saturated rings. The molecule has 2 aromatic carbocycles. The van der Waals surface area contributed by atoms with Crippen molar-refractivity contribution in [1.29, 1.82) is 5.26 Å². The monoisotopic (exact) mass is 440 g/mol. The zero-order valence-electron chi connectivity index (χ0n) is 18.7. The van der Waals surface area contributed by atoms with Crippen LogP contribution in [0.5, 0.6) is 5.75 Å². The lowest BCUT2D eigenvalue weighted by Gasteiger charge is -2.32. The molecule has 2 heterocycles. The van der Waals surface area contributed by atoms with Crippen LogP contribution in [0.2, 0.25) is 0 Å². The van der Waals surface area contributed by atoms with Crippen LogP contribution < -0.4 is 10.2 Å². The molecule has 162 valence electrons.